The third-order valence-electron chi connectivity index (χ3n) is 2.60. The predicted octanol–water partition coefficient (Wildman–Crippen LogP) is 0.735. The summed E-state index contributed by atoms with van der Waals surface area (Å²) in [7, 11) is 0. The molecule has 0 radical (unpaired) electrons. The Bertz CT molecular complexity index is 159. The molecule has 1 aliphatic carbocycles. The number of rotatable bonds is 5. The van der Waals surface area contributed by atoms with Crippen molar-refractivity contribution in [2.24, 2.45) is 5.92 Å². The van der Waals surface area contributed by atoms with E-state index in [-0.39, 0.29) is 11.6 Å². The molecule has 0 heterocycles. The van der Waals surface area contributed by atoms with Crippen LogP contribution >= 0.6 is 0 Å². The van der Waals surface area contributed by atoms with E-state index in [0.717, 1.165) is 32.5 Å². The van der Waals surface area contributed by atoms with Gasteiger partial charge in [0.2, 0.25) is 0 Å². The quantitative estimate of drug-likeness (QED) is 0.573. The molecule has 0 aliphatic heterocycles. The lowest BCUT2D eigenvalue weighted by Crippen LogP contribution is -2.42. The Hall–Kier alpha value is -0.120. The molecule has 1 saturated carbocycles. The summed E-state index contributed by atoms with van der Waals surface area (Å²) in [5.41, 5.74) is 0.217. The van der Waals surface area contributed by atoms with E-state index in [1.54, 1.807) is 0 Å². The average Bonchev–Trinajstić information content (AvgIpc) is 1.98. The van der Waals surface area contributed by atoms with E-state index < -0.39 is 0 Å². The molecule has 0 amide bonds. The zero-order chi connectivity index (χ0) is 10.6. The molecule has 0 aromatic carbocycles. The molecule has 3 N–H and O–H groups in total. The molecule has 14 heavy (non-hydrogen) atoms. The van der Waals surface area contributed by atoms with Crippen LogP contribution < -0.4 is 10.6 Å². The smallest absolute Gasteiger partial charge is 0.0546 e. The van der Waals surface area contributed by atoms with Gasteiger partial charge in [-0.3, -0.25) is 0 Å². The van der Waals surface area contributed by atoms with Gasteiger partial charge in [-0.05, 0) is 46.1 Å². The van der Waals surface area contributed by atoms with Gasteiger partial charge in [0, 0.05) is 18.6 Å². The lowest BCUT2D eigenvalue weighted by molar-refractivity contribution is 0.0432. The topological polar surface area (TPSA) is 44.3 Å². The van der Waals surface area contributed by atoms with Crippen LogP contribution in [0.1, 0.15) is 33.6 Å². The van der Waals surface area contributed by atoms with Crippen LogP contribution in [0.25, 0.3) is 0 Å². The van der Waals surface area contributed by atoms with Crippen LogP contribution in [0.2, 0.25) is 0 Å². The molecule has 1 rings (SSSR count). The predicted molar refractivity (Wildman–Crippen MR) is 59.4 cm³/mol. The molecular formula is C11H24N2O. The lowest BCUT2D eigenvalue weighted by Gasteiger charge is -2.31. The average molecular weight is 200 g/mol. The molecule has 0 aromatic heterocycles. The van der Waals surface area contributed by atoms with Gasteiger partial charge < -0.3 is 15.7 Å². The molecule has 0 spiro atoms. The molecule has 0 atom stereocenters. The van der Waals surface area contributed by atoms with Gasteiger partial charge in [-0.2, -0.15) is 0 Å². The van der Waals surface area contributed by atoms with Crippen molar-refractivity contribution in [1.82, 2.24) is 10.6 Å². The lowest BCUT2D eigenvalue weighted by atomic mass is 9.82. The van der Waals surface area contributed by atoms with Crippen molar-refractivity contribution in [3.05, 3.63) is 0 Å². The highest BCUT2D eigenvalue weighted by atomic mass is 16.3. The third-order valence-corrected chi connectivity index (χ3v) is 2.60. The maximum Gasteiger partial charge on any atom is 0.0546 e. The Morgan fingerprint density at radius 2 is 1.86 bits per heavy atom. The molecule has 3 nitrogen and oxygen atoms in total. The van der Waals surface area contributed by atoms with Gasteiger partial charge in [0.05, 0.1) is 6.10 Å². The Labute approximate surface area is 87.3 Å². The van der Waals surface area contributed by atoms with Crippen LogP contribution in [0.15, 0.2) is 0 Å². The SMILES string of the molecule is CC(C)(C)NCCNCC1CC(O)C1. The zero-order valence-electron chi connectivity index (χ0n) is 9.64. The van der Waals surface area contributed by atoms with Crippen molar-refractivity contribution in [2.45, 2.75) is 45.3 Å². The largest absolute Gasteiger partial charge is 0.393 e. The summed E-state index contributed by atoms with van der Waals surface area (Å²) in [6, 6.07) is 0. The van der Waals surface area contributed by atoms with E-state index in [2.05, 4.69) is 31.4 Å². The fraction of sp³-hybridized carbons (Fsp3) is 1.00. The van der Waals surface area contributed by atoms with Gasteiger partial charge in [0.1, 0.15) is 0 Å². The molecule has 0 aromatic rings. The molecule has 0 unspecified atom stereocenters. The summed E-state index contributed by atoms with van der Waals surface area (Å²) in [5, 5.41) is 15.9. The normalized spacial score (nSPS) is 27.4. The number of hydrogen-bond donors (Lipinski definition) is 3. The van der Waals surface area contributed by atoms with Crippen LogP contribution in [0, 0.1) is 5.92 Å². The van der Waals surface area contributed by atoms with E-state index in [9.17, 15) is 0 Å². The van der Waals surface area contributed by atoms with E-state index in [1.807, 2.05) is 0 Å². The zero-order valence-corrected chi connectivity index (χ0v) is 9.64. The van der Waals surface area contributed by atoms with Gasteiger partial charge in [0.15, 0.2) is 0 Å². The number of nitrogens with one attached hydrogen (secondary N) is 2. The van der Waals surface area contributed by atoms with Crippen LogP contribution in [0.5, 0.6) is 0 Å². The number of aliphatic hydroxyl groups is 1. The van der Waals surface area contributed by atoms with Gasteiger partial charge in [-0.1, -0.05) is 0 Å². The van der Waals surface area contributed by atoms with E-state index in [0.29, 0.717) is 5.92 Å². The highest BCUT2D eigenvalue weighted by Gasteiger charge is 2.26. The maximum atomic E-state index is 9.09. The summed E-state index contributed by atoms with van der Waals surface area (Å²) in [5.74, 6) is 0.708. The third kappa shape index (κ3) is 4.94. The van der Waals surface area contributed by atoms with Crippen LogP contribution in [0.3, 0.4) is 0 Å². The summed E-state index contributed by atoms with van der Waals surface area (Å²) >= 11 is 0. The first-order chi connectivity index (χ1) is 6.47. The Balaban J connectivity index is 1.85. The maximum absolute atomic E-state index is 9.09. The van der Waals surface area contributed by atoms with Crippen molar-refractivity contribution in [3.8, 4) is 0 Å². The summed E-state index contributed by atoms with van der Waals surface area (Å²) < 4.78 is 0. The van der Waals surface area contributed by atoms with Gasteiger partial charge in [-0.15, -0.1) is 0 Å². The Kier molecular flexibility index (Phi) is 4.35. The highest BCUT2D eigenvalue weighted by molar-refractivity contribution is 4.80. The molecule has 1 aliphatic rings. The van der Waals surface area contributed by atoms with Crippen LogP contribution in [-0.4, -0.2) is 36.4 Å². The minimum absolute atomic E-state index is 0.0190. The summed E-state index contributed by atoms with van der Waals surface area (Å²) in [6.45, 7) is 9.62. The summed E-state index contributed by atoms with van der Waals surface area (Å²) in [4.78, 5) is 0. The second-order valence-electron chi connectivity index (χ2n) is 5.37. The second kappa shape index (κ2) is 5.10. The van der Waals surface area contributed by atoms with E-state index >= 15 is 0 Å². The Morgan fingerprint density at radius 1 is 1.21 bits per heavy atom. The molecule has 0 saturated heterocycles. The second-order valence-corrected chi connectivity index (χ2v) is 5.37. The number of hydrogen-bond acceptors (Lipinski definition) is 3. The molecule has 1 fully saturated rings. The van der Waals surface area contributed by atoms with Crippen molar-refractivity contribution in [3.63, 3.8) is 0 Å². The van der Waals surface area contributed by atoms with Crippen molar-refractivity contribution in [2.75, 3.05) is 19.6 Å². The monoisotopic (exact) mass is 200 g/mol. The molecule has 0 bridgehead atoms. The summed E-state index contributed by atoms with van der Waals surface area (Å²) in [6.07, 6.45) is 1.95. The van der Waals surface area contributed by atoms with Gasteiger partial charge in [-0.25, -0.2) is 0 Å². The molecule has 84 valence electrons. The van der Waals surface area contributed by atoms with Gasteiger partial charge >= 0.3 is 0 Å². The minimum Gasteiger partial charge on any atom is -0.393 e. The first kappa shape index (κ1) is 12.0. The minimum atomic E-state index is -0.0190. The van der Waals surface area contributed by atoms with Crippen LogP contribution in [-0.2, 0) is 0 Å². The standard InChI is InChI=1S/C11H24N2O/c1-11(2,3)13-5-4-12-8-9-6-10(14)7-9/h9-10,12-14H,4-8H2,1-3H3. The first-order valence-corrected chi connectivity index (χ1v) is 5.61. The van der Waals surface area contributed by atoms with Crippen molar-refractivity contribution < 1.29 is 5.11 Å². The first-order valence-electron chi connectivity index (χ1n) is 5.61. The Morgan fingerprint density at radius 3 is 2.36 bits per heavy atom. The van der Waals surface area contributed by atoms with Gasteiger partial charge in [0.25, 0.3) is 0 Å². The molecular weight excluding hydrogens is 176 g/mol. The van der Waals surface area contributed by atoms with Crippen LogP contribution in [0.4, 0.5) is 0 Å². The highest BCUT2D eigenvalue weighted by Crippen LogP contribution is 2.25. The number of aliphatic hydroxyl groups excluding tert-OH is 1. The van der Waals surface area contributed by atoms with Crippen molar-refractivity contribution in [1.29, 1.82) is 0 Å². The van der Waals surface area contributed by atoms with Crippen molar-refractivity contribution >= 4 is 0 Å². The fourth-order valence-corrected chi connectivity index (χ4v) is 1.70. The molecule has 3 heteroatoms. The fourth-order valence-electron chi connectivity index (χ4n) is 1.70. The van der Waals surface area contributed by atoms with E-state index in [4.69, 9.17) is 5.11 Å². The van der Waals surface area contributed by atoms with E-state index in [1.165, 1.54) is 0 Å².